The van der Waals surface area contributed by atoms with E-state index in [0.717, 1.165) is 30.7 Å². The van der Waals surface area contributed by atoms with E-state index in [-0.39, 0.29) is 6.04 Å². The Morgan fingerprint density at radius 2 is 2.33 bits per heavy atom. The first-order valence-corrected chi connectivity index (χ1v) is 5.48. The van der Waals surface area contributed by atoms with Crippen LogP contribution in [-0.2, 0) is 6.54 Å². The van der Waals surface area contributed by atoms with Gasteiger partial charge in [0.25, 0.3) is 0 Å². The van der Waals surface area contributed by atoms with Crippen molar-refractivity contribution in [2.24, 2.45) is 5.73 Å². The molecule has 3 rings (SSSR count). The Balaban J connectivity index is 2.36. The number of hydrogen-bond donors (Lipinski definition) is 1. The van der Waals surface area contributed by atoms with Crippen LogP contribution in [0.2, 0.25) is 0 Å². The molecule has 2 N–H and O–H groups in total. The van der Waals surface area contributed by atoms with Gasteiger partial charge in [0.05, 0.1) is 17.1 Å². The van der Waals surface area contributed by atoms with Crippen LogP contribution in [0.25, 0.3) is 11.0 Å². The van der Waals surface area contributed by atoms with E-state index >= 15 is 0 Å². The number of aryl methyl sites for hydroxylation is 2. The van der Waals surface area contributed by atoms with Gasteiger partial charge in [-0.2, -0.15) is 0 Å². The average Bonchev–Trinajstić information content (AvgIpc) is 2.59. The SMILES string of the molecule is Cc1cccc2nc3n(c12)CCCC3N. The van der Waals surface area contributed by atoms with Crippen LogP contribution in [0.5, 0.6) is 0 Å². The van der Waals surface area contributed by atoms with Crippen molar-refractivity contribution in [1.29, 1.82) is 0 Å². The van der Waals surface area contributed by atoms with Gasteiger partial charge in [-0.25, -0.2) is 4.98 Å². The van der Waals surface area contributed by atoms with Gasteiger partial charge in [-0.3, -0.25) is 0 Å². The van der Waals surface area contributed by atoms with Crippen molar-refractivity contribution in [3.63, 3.8) is 0 Å². The minimum atomic E-state index is 0.116. The number of nitrogens with two attached hydrogens (primary N) is 1. The van der Waals surface area contributed by atoms with E-state index in [1.165, 1.54) is 11.1 Å². The van der Waals surface area contributed by atoms with E-state index in [0.29, 0.717) is 0 Å². The Morgan fingerprint density at radius 3 is 3.20 bits per heavy atom. The van der Waals surface area contributed by atoms with Gasteiger partial charge in [0.15, 0.2) is 0 Å². The molecule has 0 aliphatic carbocycles. The highest BCUT2D eigenvalue weighted by atomic mass is 15.1. The average molecular weight is 201 g/mol. The molecule has 2 heterocycles. The zero-order chi connectivity index (χ0) is 10.4. The molecule has 0 saturated heterocycles. The molecule has 3 nitrogen and oxygen atoms in total. The Kier molecular flexibility index (Phi) is 1.83. The summed E-state index contributed by atoms with van der Waals surface area (Å²) in [7, 11) is 0. The molecule has 0 amide bonds. The highest BCUT2D eigenvalue weighted by Crippen LogP contribution is 2.28. The predicted octanol–water partition coefficient (Wildman–Crippen LogP) is 2.14. The van der Waals surface area contributed by atoms with Gasteiger partial charge in [0.1, 0.15) is 5.82 Å². The fourth-order valence-electron chi connectivity index (χ4n) is 2.49. The second-order valence-corrected chi connectivity index (χ2v) is 4.31. The lowest BCUT2D eigenvalue weighted by atomic mass is 10.1. The Hall–Kier alpha value is -1.35. The van der Waals surface area contributed by atoms with E-state index in [4.69, 9.17) is 5.73 Å². The van der Waals surface area contributed by atoms with Crippen LogP contribution < -0.4 is 5.73 Å². The number of hydrogen-bond acceptors (Lipinski definition) is 2. The van der Waals surface area contributed by atoms with Crippen LogP contribution >= 0.6 is 0 Å². The third-order valence-electron chi connectivity index (χ3n) is 3.23. The summed E-state index contributed by atoms with van der Waals surface area (Å²) in [6.07, 6.45) is 2.22. The number of aromatic nitrogens is 2. The molecule has 0 spiro atoms. The molecule has 0 saturated carbocycles. The number of benzene rings is 1. The van der Waals surface area contributed by atoms with Crippen molar-refractivity contribution in [3.8, 4) is 0 Å². The molecular formula is C12H15N3. The maximum Gasteiger partial charge on any atom is 0.126 e. The van der Waals surface area contributed by atoms with Gasteiger partial charge in [-0.1, -0.05) is 12.1 Å². The number of fused-ring (bicyclic) bond motifs is 3. The summed E-state index contributed by atoms with van der Waals surface area (Å²) in [4.78, 5) is 4.63. The zero-order valence-corrected chi connectivity index (χ0v) is 8.90. The van der Waals surface area contributed by atoms with E-state index < -0.39 is 0 Å². The number of nitrogens with zero attached hydrogens (tertiary/aromatic N) is 2. The van der Waals surface area contributed by atoms with Crippen LogP contribution in [0.4, 0.5) is 0 Å². The minimum absolute atomic E-state index is 0.116. The third kappa shape index (κ3) is 1.20. The molecule has 78 valence electrons. The summed E-state index contributed by atoms with van der Waals surface area (Å²) in [5.41, 5.74) is 9.72. The monoisotopic (exact) mass is 201 g/mol. The Bertz CT molecular complexity index is 513. The number of para-hydroxylation sites is 1. The summed E-state index contributed by atoms with van der Waals surface area (Å²) < 4.78 is 2.29. The van der Waals surface area contributed by atoms with E-state index in [9.17, 15) is 0 Å². The molecule has 0 fully saturated rings. The first-order chi connectivity index (χ1) is 7.27. The largest absolute Gasteiger partial charge is 0.326 e. The summed E-state index contributed by atoms with van der Waals surface area (Å²) in [6, 6.07) is 6.38. The van der Waals surface area contributed by atoms with Gasteiger partial charge in [-0.15, -0.1) is 0 Å². The first-order valence-electron chi connectivity index (χ1n) is 5.48. The number of rotatable bonds is 0. The van der Waals surface area contributed by atoms with Crippen molar-refractivity contribution < 1.29 is 0 Å². The molecular weight excluding hydrogens is 186 g/mol. The van der Waals surface area contributed by atoms with Crippen molar-refractivity contribution >= 4 is 11.0 Å². The molecule has 0 bridgehead atoms. The van der Waals surface area contributed by atoms with Crippen molar-refractivity contribution in [1.82, 2.24) is 9.55 Å². The van der Waals surface area contributed by atoms with Crippen LogP contribution in [-0.4, -0.2) is 9.55 Å². The normalized spacial score (nSPS) is 20.5. The van der Waals surface area contributed by atoms with Gasteiger partial charge in [0, 0.05) is 6.54 Å². The summed E-state index contributed by atoms with van der Waals surface area (Å²) >= 11 is 0. The lowest BCUT2D eigenvalue weighted by Gasteiger charge is -2.20. The molecule has 15 heavy (non-hydrogen) atoms. The molecule has 1 aliphatic heterocycles. The summed E-state index contributed by atoms with van der Waals surface area (Å²) in [5, 5.41) is 0. The summed E-state index contributed by atoms with van der Waals surface area (Å²) in [6.45, 7) is 3.20. The molecule has 3 heteroatoms. The van der Waals surface area contributed by atoms with Gasteiger partial charge < -0.3 is 10.3 Å². The fourth-order valence-corrected chi connectivity index (χ4v) is 2.49. The van der Waals surface area contributed by atoms with Gasteiger partial charge >= 0.3 is 0 Å². The zero-order valence-electron chi connectivity index (χ0n) is 8.90. The van der Waals surface area contributed by atoms with Gasteiger partial charge in [0.2, 0.25) is 0 Å². The minimum Gasteiger partial charge on any atom is -0.326 e. The lowest BCUT2D eigenvalue weighted by Crippen LogP contribution is -2.22. The molecule has 1 aromatic carbocycles. The van der Waals surface area contributed by atoms with Crippen LogP contribution in [0.15, 0.2) is 18.2 Å². The molecule has 1 aliphatic rings. The van der Waals surface area contributed by atoms with E-state index in [1.54, 1.807) is 0 Å². The van der Waals surface area contributed by atoms with Crippen LogP contribution in [0.1, 0.15) is 30.3 Å². The lowest BCUT2D eigenvalue weighted by molar-refractivity contribution is 0.459. The second kappa shape index (κ2) is 3.07. The maximum absolute atomic E-state index is 6.08. The molecule has 1 unspecified atom stereocenters. The van der Waals surface area contributed by atoms with Crippen LogP contribution in [0.3, 0.4) is 0 Å². The first kappa shape index (κ1) is 8.92. The van der Waals surface area contributed by atoms with E-state index in [2.05, 4.69) is 34.7 Å². The van der Waals surface area contributed by atoms with E-state index in [1.807, 2.05) is 0 Å². The van der Waals surface area contributed by atoms with Gasteiger partial charge in [-0.05, 0) is 31.4 Å². The highest BCUT2D eigenvalue weighted by Gasteiger charge is 2.21. The number of imidazole rings is 1. The molecule has 1 aromatic heterocycles. The highest BCUT2D eigenvalue weighted by molar-refractivity contribution is 5.79. The molecule has 0 radical (unpaired) electrons. The molecule has 1 atom stereocenters. The second-order valence-electron chi connectivity index (χ2n) is 4.31. The van der Waals surface area contributed by atoms with Crippen molar-refractivity contribution in [2.45, 2.75) is 32.4 Å². The van der Waals surface area contributed by atoms with Crippen molar-refractivity contribution in [3.05, 3.63) is 29.6 Å². The Labute approximate surface area is 88.9 Å². The Morgan fingerprint density at radius 1 is 1.47 bits per heavy atom. The van der Waals surface area contributed by atoms with Crippen LogP contribution in [0, 0.1) is 6.92 Å². The maximum atomic E-state index is 6.08. The fraction of sp³-hybridized carbons (Fsp3) is 0.417. The summed E-state index contributed by atoms with van der Waals surface area (Å²) in [5.74, 6) is 1.06. The topological polar surface area (TPSA) is 43.8 Å². The smallest absolute Gasteiger partial charge is 0.126 e. The van der Waals surface area contributed by atoms with Crippen molar-refractivity contribution in [2.75, 3.05) is 0 Å². The predicted molar refractivity (Wildman–Crippen MR) is 60.6 cm³/mol. The quantitative estimate of drug-likeness (QED) is 0.709. The standard InChI is InChI=1S/C12H15N3/c1-8-4-2-6-10-11(8)15-7-3-5-9(13)12(15)14-10/h2,4,6,9H,3,5,7,13H2,1H3. The third-order valence-corrected chi connectivity index (χ3v) is 3.23. The molecule has 2 aromatic rings.